The maximum atomic E-state index is 12.0. The van der Waals surface area contributed by atoms with E-state index < -0.39 is 10.0 Å². The molecule has 0 aliphatic heterocycles. The van der Waals surface area contributed by atoms with Crippen molar-refractivity contribution in [3.05, 3.63) is 47.2 Å². The second-order valence-electron chi connectivity index (χ2n) is 5.64. The van der Waals surface area contributed by atoms with Crippen LogP contribution in [0.15, 0.2) is 34.9 Å². The summed E-state index contributed by atoms with van der Waals surface area (Å²) in [5.41, 5.74) is 2.14. The lowest BCUT2D eigenvalue weighted by Gasteiger charge is -2.18. The van der Waals surface area contributed by atoms with Crippen molar-refractivity contribution in [2.45, 2.75) is 26.8 Å². The molecule has 7 nitrogen and oxygen atoms in total. The molecule has 0 saturated heterocycles. The van der Waals surface area contributed by atoms with Gasteiger partial charge in [-0.3, -0.25) is 9.10 Å². The fraction of sp³-hybridized carbons (Fsp3) is 0.375. The van der Waals surface area contributed by atoms with Crippen LogP contribution in [-0.2, 0) is 21.4 Å². The fourth-order valence-electron chi connectivity index (χ4n) is 2.12. The Hall–Kier alpha value is -2.35. The molecule has 0 aliphatic carbocycles. The highest BCUT2D eigenvalue weighted by atomic mass is 32.2. The Balaban J connectivity index is 1.91. The number of carbonyl (C=O) groups is 1. The van der Waals surface area contributed by atoms with Gasteiger partial charge < -0.3 is 9.84 Å². The molecule has 0 fully saturated rings. The number of aryl methyl sites for hydroxylation is 2. The van der Waals surface area contributed by atoms with E-state index in [1.807, 2.05) is 31.2 Å². The smallest absolute Gasteiger partial charge is 0.233 e. The largest absolute Gasteiger partial charge is 0.360 e. The number of rotatable bonds is 7. The van der Waals surface area contributed by atoms with Crippen LogP contribution in [0.2, 0.25) is 0 Å². The summed E-state index contributed by atoms with van der Waals surface area (Å²) >= 11 is 0. The summed E-state index contributed by atoms with van der Waals surface area (Å²) in [6.07, 6.45) is 1.10. The number of anilines is 1. The van der Waals surface area contributed by atoms with E-state index in [4.69, 9.17) is 4.52 Å². The number of hydrogen-bond donors (Lipinski definition) is 1. The summed E-state index contributed by atoms with van der Waals surface area (Å²) in [4.78, 5) is 12.0. The number of nitrogens with one attached hydrogen (secondary N) is 1. The van der Waals surface area contributed by atoms with Gasteiger partial charge in [0, 0.05) is 25.6 Å². The highest BCUT2D eigenvalue weighted by Gasteiger charge is 2.21. The molecule has 0 saturated carbocycles. The number of carbonyl (C=O) groups excluding carboxylic acids is 1. The van der Waals surface area contributed by atoms with Crippen LogP contribution in [0.3, 0.4) is 0 Å². The molecule has 8 heteroatoms. The average Bonchev–Trinajstić information content (AvgIpc) is 2.91. The minimum atomic E-state index is -3.54. The Morgan fingerprint density at radius 3 is 2.46 bits per heavy atom. The van der Waals surface area contributed by atoms with Crippen molar-refractivity contribution in [1.29, 1.82) is 0 Å². The van der Waals surface area contributed by atoms with Crippen molar-refractivity contribution in [3.8, 4) is 0 Å². The van der Waals surface area contributed by atoms with Crippen molar-refractivity contribution < 1.29 is 17.7 Å². The van der Waals surface area contributed by atoms with Crippen molar-refractivity contribution in [2.75, 3.05) is 17.1 Å². The number of sulfonamides is 1. The molecule has 0 bridgehead atoms. The van der Waals surface area contributed by atoms with Gasteiger partial charge in [-0.25, -0.2) is 8.42 Å². The Kier molecular flexibility index (Phi) is 5.61. The zero-order chi connectivity index (χ0) is 17.7. The lowest BCUT2D eigenvalue weighted by Crippen LogP contribution is -2.34. The van der Waals surface area contributed by atoms with Crippen LogP contribution >= 0.6 is 0 Å². The molecule has 0 atom stereocenters. The van der Waals surface area contributed by atoms with Gasteiger partial charge >= 0.3 is 0 Å². The third-order valence-electron chi connectivity index (χ3n) is 3.42. The van der Waals surface area contributed by atoms with Gasteiger partial charge in [0.15, 0.2) is 5.82 Å². The highest BCUT2D eigenvalue weighted by molar-refractivity contribution is 7.92. The van der Waals surface area contributed by atoms with Crippen LogP contribution < -0.4 is 9.62 Å². The highest BCUT2D eigenvalue weighted by Crippen LogP contribution is 2.17. The normalized spacial score (nSPS) is 11.3. The first-order valence-electron chi connectivity index (χ1n) is 7.49. The van der Waals surface area contributed by atoms with Gasteiger partial charge in [-0.05, 0) is 19.4 Å². The first kappa shape index (κ1) is 18.0. The quantitative estimate of drug-likeness (QED) is 0.820. The molecule has 24 heavy (non-hydrogen) atoms. The van der Waals surface area contributed by atoms with E-state index in [1.54, 1.807) is 6.92 Å². The van der Waals surface area contributed by atoms with Gasteiger partial charge in [0.2, 0.25) is 15.9 Å². The molecule has 2 aromatic rings. The van der Waals surface area contributed by atoms with Crippen LogP contribution in [-0.4, -0.2) is 32.3 Å². The molecule has 0 unspecified atom stereocenters. The van der Waals surface area contributed by atoms with E-state index in [0.29, 0.717) is 12.3 Å². The summed E-state index contributed by atoms with van der Waals surface area (Å²) in [6.45, 7) is 4.07. The number of hydrogen-bond acceptors (Lipinski definition) is 5. The first-order valence-corrected chi connectivity index (χ1v) is 9.34. The second-order valence-corrected chi connectivity index (χ2v) is 7.55. The lowest BCUT2D eigenvalue weighted by atomic mass is 10.1. The molecule has 0 aliphatic rings. The van der Waals surface area contributed by atoms with Gasteiger partial charge in [-0.1, -0.05) is 35.0 Å². The fourth-order valence-corrected chi connectivity index (χ4v) is 2.97. The van der Waals surface area contributed by atoms with E-state index in [2.05, 4.69) is 10.5 Å². The van der Waals surface area contributed by atoms with Crippen molar-refractivity contribution in [3.63, 3.8) is 0 Å². The van der Waals surface area contributed by atoms with Crippen LogP contribution in [0.1, 0.15) is 23.3 Å². The van der Waals surface area contributed by atoms with Gasteiger partial charge in [0.25, 0.3) is 0 Å². The topological polar surface area (TPSA) is 92.5 Å². The van der Waals surface area contributed by atoms with Gasteiger partial charge in [-0.2, -0.15) is 0 Å². The Morgan fingerprint density at radius 1 is 1.25 bits per heavy atom. The van der Waals surface area contributed by atoms with E-state index in [9.17, 15) is 13.2 Å². The summed E-state index contributed by atoms with van der Waals surface area (Å²) in [6, 6.07) is 9.35. The third kappa shape index (κ3) is 5.09. The molecule has 130 valence electrons. The number of nitrogens with zero attached hydrogens (tertiary/aromatic N) is 2. The van der Waals surface area contributed by atoms with E-state index in [-0.39, 0.29) is 24.7 Å². The summed E-state index contributed by atoms with van der Waals surface area (Å²) in [5, 5.41) is 6.48. The Morgan fingerprint density at radius 2 is 1.92 bits per heavy atom. The summed E-state index contributed by atoms with van der Waals surface area (Å²) in [7, 11) is -3.54. The van der Waals surface area contributed by atoms with E-state index >= 15 is 0 Å². The zero-order valence-electron chi connectivity index (χ0n) is 13.9. The molecule has 1 N–H and O–H groups in total. The molecular formula is C16H21N3O4S. The number of benzene rings is 1. The zero-order valence-corrected chi connectivity index (χ0v) is 14.8. The lowest BCUT2D eigenvalue weighted by molar-refractivity contribution is -0.121. The van der Waals surface area contributed by atoms with Crippen LogP contribution in [0.5, 0.6) is 0 Å². The van der Waals surface area contributed by atoms with Crippen molar-refractivity contribution in [1.82, 2.24) is 10.5 Å². The summed E-state index contributed by atoms with van der Waals surface area (Å²) in [5.74, 6) is 0.452. The molecule has 1 heterocycles. The molecular weight excluding hydrogens is 330 g/mol. The molecule has 1 amide bonds. The van der Waals surface area contributed by atoms with E-state index in [0.717, 1.165) is 21.7 Å². The van der Waals surface area contributed by atoms with Crippen molar-refractivity contribution in [2.24, 2.45) is 0 Å². The number of amides is 1. The summed E-state index contributed by atoms with van der Waals surface area (Å²) < 4.78 is 29.7. The maximum Gasteiger partial charge on any atom is 0.233 e. The minimum absolute atomic E-state index is 0.00450. The maximum absolute atomic E-state index is 12.0. The van der Waals surface area contributed by atoms with E-state index in [1.165, 1.54) is 6.07 Å². The Bertz CT molecular complexity index is 797. The minimum Gasteiger partial charge on any atom is -0.360 e. The predicted octanol–water partition coefficient (Wildman–Crippen LogP) is 1.76. The number of aromatic nitrogens is 1. The van der Waals surface area contributed by atoms with Gasteiger partial charge in [0.05, 0.1) is 6.26 Å². The molecule has 1 aromatic carbocycles. The third-order valence-corrected chi connectivity index (χ3v) is 4.59. The van der Waals surface area contributed by atoms with Gasteiger partial charge in [0.1, 0.15) is 5.76 Å². The first-order chi connectivity index (χ1) is 11.3. The molecule has 2 rings (SSSR count). The Labute approximate surface area is 141 Å². The molecule has 0 radical (unpaired) electrons. The second kappa shape index (κ2) is 7.48. The molecule has 0 spiro atoms. The standard InChI is InChI=1S/C16H21N3O4S/c1-12-4-6-14(7-5-12)11-17-16(20)8-9-19(24(3,21)22)15-10-13(2)23-18-15/h4-7,10H,8-9,11H2,1-3H3,(H,17,20). The predicted molar refractivity (Wildman–Crippen MR) is 91.1 cm³/mol. The monoisotopic (exact) mass is 351 g/mol. The SMILES string of the molecule is Cc1ccc(CNC(=O)CCN(c2cc(C)on2)S(C)(=O)=O)cc1. The molecule has 1 aromatic heterocycles. The van der Waals surface area contributed by atoms with Crippen LogP contribution in [0, 0.1) is 13.8 Å². The average molecular weight is 351 g/mol. The van der Waals surface area contributed by atoms with Crippen LogP contribution in [0.25, 0.3) is 0 Å². The van der Waals surface area contributed by atoms with Crippen molar-refractivity contribution >= 4 is 21.7 Å². The van der Waals surface area contributed by atoms with Crippen LogP contribution in [0.4, 0.5) is 5.82 Å². The van der Waals surface area contributed by atoms with Gasteiger partial charge in [-0.15, -0.1) is 0 Å².